The molecule has 1 atom stereocenters. The van der Waals surface area contributed by atoms with Crippen LogP contribution >= 0.6 is 11.3 Å². The molecule has 1 unspecified atom stereocenters. The first kappa shape index (κ1) is 16.3. The Morgan fingerprint density at radius 3 is 2.62 bits per heavy atom. The van der Waals surface area contributed by atoms with E-state index in [2.05, 4.69) is 67.2 Å². The summed E-state index contributed by atoms with van der Waals surface area (Å²) < 4.78 is 0. The Labute approximate surface area is 133 Å². The zero-order valence-electron chi connectivity index (χ0n) is 13.4. The fourth-order valence-corrected chi connectivity index (χ4v) is 3.36. The molecular formula is C19H27NS. The molecule has 0 saturated carbocycles. The highest BCUT2D eigenvalue weighted by Crippen LogP contribution is 2.22. The molecule has 0 amide bonds. The molecule has 1 aromatic carbocycles. The van der Waals surface area contributed by atoms with Crippen LogP contribution in [0.15, 0.2) is 41.1 Å². The van der Waals surface area contributed by atoms with Gasteiger partial charge < -0.3 is 5.32 Å². The summed E-state index contributed by atoms with van der Waals surface area (Å²) in [5.74, 6) is 0.708. The molecule has 1 heterocycles. The SMILES string of the molecule is CCCNC(Cc1ccsc1)c1cccc(CC(C)C)c1. The molecule has 1 nitrogen and oxygen atoms in total. The van der Waals surface area contributed by atoms with Crippen LogP contribution in [0.2, 0.25) is 0 Å². The highest BCUT2D eigenvalue weighted by Gasteiger charge is 2.12. The van der Waals surface area contributed by atoms with E-state index in [0.29, 0.717) is 12.0 Å². The van der Waals surface area contributed by atoms with E-state index in [1.807, 2.05) is 0 Å². The van der Waals surface area contributed by atoms with Crippen molar-refractivity contribution in [1.29, 1.82) is 0 Å². The summed E-state index contributed by atoms with van der Waals surface area (Å²) in [6.07, 6.45) is 3.41. The van der Waals surface area contributed by atoms with Gasteiger partial charge in [0.15, 0.2) is 0 Å². The van der Waals surface area contributed by atoms with Crippen molar-refractivity contribution in [3.8, 4) is 0 Å². The lowest BCUT2D eigenvalue weighted by molar-refractivity contribution is 0.528. The zero-order chi connectivity index (χ0) is 15.1. The quantitative estimate of drug-likeness (QED) is 0.704. The molecule has 0 spiro atoms. The van der Waals surface area contributed by atoms with Gasteiger partial charge in [-0.25, -0.2) is 0 Å². The molecule has 0 aliphatic heterocycles. The molecule has 114 valence electrons. The van der Waals surface area contributed by atoms with Crippen LogP contribution in [0.25, 0.3) is 0 Å². The van der Waals surface area contributed by atoms with Crippen molar-refractivity contribution in [3.63, 3.8) is 0 Å². The van der Waals surface area contributed by atoms with Gasteiger partial charge in [-0.05, 0) is 65.2 Å². The average Bonchev–Trinajstić information content (AvgIpc) is 2.96. The second kappa shape index (κ2) is 8.35. The monoisotopic (exact) mass is 301 g/mol. The number of thiophene rings is 1. The lowest BCUT2D eigenvalue weighted by atomic mass is 9.95. The molecule has 21 heavy (non-hydrogen) atoms. The lowest BCUT2D eigenvalue weighted by Gasteiger charge is -2.20. The van der Waals surface area contributed by atoms with Gasteiger partial charge in [-0.2, -0.15) is 11.3 Å². The van der Waals surface area contributed by atoms with Crippen molar-refractivity contribution in [2.24, 2.45) is 5.92 Å². The first-order valence-corrected chi connectivity index (χ1v) is 8.96. The maximum Gasteiger partial charge on any atom is 0.0361 e. The number of hydrogen-bond acceptors (Lipinski definition) is 2. The van der Waals surface area contributed by atoms with Crippen LogP contribution in [0.1, 0.15) is 49.9 Å². The van der Waals surface area contributed by atoms with Crippen molar-refractivity contribution >= 4 is 11.3 Å². The molecule has 0 bridgehead atoms. The summed E-state index contributed by atoms with van der Waals surface area (Å²) in [6, 6.07) is 11.8. The Kier molecular flexibility index (Phi) is 6.47. The Bertz CT molecular complexity index is 516. The molecule has 0 fully saturated rings. The van der Waals surface area contributed by atoms with Crippen LogP contribution in [0.4, 0.5) is 0 Å². The van der Waals surface area contributed by atoms with Gasteiger partial charge in [0.05, 0.1) is 0 Å². The van der Waals surface area contributed by atoms with Crippen molar-refractivity contribution in [1.82, 2.24) is 5.32 Å². The van der Waals surface area contributed by atoms with Crippen LogP contribution in [-0.2, 0) is 12.8 Å². The predicted molar refractivity (Wildman–Crippen MR) is 94.0 cm³/mol. The average molecular weight is 301 g/mol. The maximum absolute atomic E-state index is 3.71. The van der Waals surface area contributed by atoms with Crippen LogP contribution < -0.4 is 5.32 Å². The highest BCUT2D eigenvalue weighted by atomic mass is 32.1. The highest BCUT2D eigenvalue weighted by molar-refractivity contribution is 7.07. The number of nitrogens with one attached hydrogen (secondary N) is 1. The van der Waals surface area contributed by atoms with E-state index < -0.39 is 0 Å². The number of hydrogen-bond donors (Lipinski definition) is 1. The largest absolute Gasteiger partial charge is 0.310 e. The van der Waals surface area contributed by atoms with Crippen LogP contribution in [-0.4, -0.2) is 6.54 Å². The summed E-state index contributed by atoms with van der Waals surface area (Å²) in [6.45, 7) is 7.86. The third-order valence-corrected chi connectivity index (χ3v) is 4.39. The van der Waals surface area contributed by atoms with Crippen molar-refractivity contribution in [3.05, 3.63) is 57.8 Å². The molecule has 2 aromatic rings. The first-order chi connectivity index (χ1) is 10.2. The minimum absolute atomic E-state index is 0.423. The van der Waals surface area contributed by atoms with Crippen LogP contribution in [0.5, 0.6) is 0 Å². The normalized spacial score (nSPS) is 12.8. The van der Waals surface area contributed by atoms with Gasteiger partial charge in [-0.15, -0.1) is 0 Å². The molecule has 1 aromatic heterocycles. The molecule has 1 N–H and O–H groups in total. The summed E-state index contributed by atoms with van der Waals surface area (Å²) >= 11 is 1.78. The predicted octanol–water partition coefficient (Wildman–Crippen LogP) is 5.23. The molecule has 0 radical (unpaired) electrons. The van der Waals surface area contributed by atoms with Crippen molar-refractivity contribution in [2.45, 2.75) is 46.1 Å². The molecule has 0 saturated heterocycles. The lowest BCUT2D eigenvalue weighted by Crippen LogP contribution is -2.24. The molecule has 0 aliphatic rings. The molecule has 0 aliphatic carbocycles. The Hall–Kier alpha value is -1.12. The fourth-order valence-electron chi connectivity index (χ4n) is 2.68. The van der Waals surface area contributed by atoms with E-state index in [0.717, 1.165) is 19.4 Å². The topological polar surface area (TPSA) is 12.0 Å². The maximum atomic E-state index is 3.71. The smallest absolute Gasteiger partial charge is 0.0361 e. The van der Waals surface area contributed by atoms with Gasteiger partial charge in [0, 0.05) is 6.04 Å². The summed E-state index contributed by atoms with van der Waals surface area (Å²) in [4.78, 5) is 0. The second-order valence-electron chi connectivity index (χ2n) is 6.19. The molecule has 2 heteroatoms. The van der Waals surface area contributed by atoms with Gasteiger partial charge in [0.2, 0.25) is 0 Å². The van der Waals surface area contributed by atoms with E-state index in [1.165, 1.54) is 23.1 Å². The summed E-state index contributed by atoms with van der Waals surface area (Å²) in [5, 5.41) is 8.14. The third kappa shape index (κ3) is 5.29. The number of rotatable bonds is 8. The van der Waals surface area contributed by atoms with E-state index >= 15 is 0 Å². The first-order valence-electron chi connectivity index (χ1n) is 8.02. The van der Waals surface area contributed by atoms with Crippen molar-refractivity contribution < 1.29 is 0 Å². The van der Waals surface area contributed by atoms with Gasteiger partial charge in [-0.3, -0.25) is 0 Å². The van der Waals surface area contributed by atoms with Gasteiger partial charge >= 0.3 is 0 Å². The van der Waals surface area contributed by atoms with Crippen LogP contribution in [0.3, 0.4) is 0 Å². The van der Waals surface area contributed by atoms with Gasteiger partial charge in [-0.1, -0.05) is 45.0 Å². The minimum atomic E-state index is 0.423. The second-order valence-corrected chi connectivity index (χ2v) is 6.97. The fraction of sp³-hybridized carbons (Fsp3) is 0.474. The summed E-state index contributed by atoms with van der Waals surface area (Å²) in [7, 11) is 0. The van der Waals surface area contributed by atoms with E-state index in [4.69, 9.17) is 0 Å². The van der Waals surface area contributed by atoms with Crippen LogP contribution in [0, 0.1) is 5.92 Å². The van der Waals surface area contributed by atoms with E-state index in [1.54, 1.807) is 11.3 Å². The number of benzene rings is 1. The zero-order valence-corrected chi connectivity index (χ0v) is 14.2. The Morgan fingerprint density at radius 2 is 1.95 bits per heavy atom. The van der Waals surface area contributed by atoms with Crippen molar-refractivity contribution in [2.75, 3.05) is 6.54 Å². The van der Waals surface area contributed by atoms with E-state index in [-0.39, 0.29) is 0 Å². The Balaban J connectivity index is 2.14. The summed E-state index contributed by atoms with van der Waals surface area (Å²) in [5.41, 5.74) is 4.31. The minimum Gasteiger partial charge on any atom is -0.310 e. The molecule has 2 rings (SSSR count). The Morgan fingerprint density at radius 1 is 1.10 bits per heavy atom. The van der Waals surface area contributed by atoms with E-state index in [9.17, 15) is 0 Å². The van der Waals surface area contributed by atoms with Gasteiger partial charge in [0.25, 0.3) is 0 Å². The van der Waals surface area contributed by atoms with Gasteiger partial charge in [0.1, 0.15) is 0 Å². The molecular weight excluding hydrogens is 274 g/mol. The third-order valence-electron chi connectivity index (χ3n) is 3.66. The standard InChI is InChI=1S/C19H27NS/c1-4-9-20-19(13-17-8-10-21-14-17)18-7-5-6-16(12-18)11-15(2)3/h5-8,10,12,14-15,19-20H,4,9,11,13H2,1-3H3.